The summed E-state index contributed by atoms with van der Waals surface area (Å²) in [5.74, 6) is 0.337. The highest BCUT2D eigenvalue weighted by molar-refractivity contribution is 7.15. The third-order valence-corrected chi connectivity index (χ3v) is 4.05. The number of nitrogen functional groups attached to an aromatic ring is 1. The SMILES string of the molecule is CC1CCN(Cc2cnc(N)s2)C(C(N)=O)C1.Cl. The summed E-state index contributed by atoms with van der Waals surface area (Å²) >= 11 is 1.47. The molecule has 1 aliphatic heterocycles. The van der Waals surface area contributed by atoms with E-state index in [1.807, 2.05) is 0 Å². The van der Waals surface area contributed by atoms with Gasteiger partial charge in [0.1, 0.15) is 0 Å². The number of likely N-dealkylation sites (tertiary alicyclic amines) is 1. The van der Waals surface area contributed by atoms with E-state index in [1.54, 1.807) is 6.20 Å². The number of carbonyl (C=O) groups is 1. The highest BCUT2D eigenvalue weighted by Gasteiger charge is 2.30. The molecule has 0 spiro atoms. The number of thiazole rings is 1. The molecule has 1 aliphatic rings. The van der Waals surface area contributed by atoms with Gasteiger partial charge in [-0.2, -0.15) is 0 Å². The van der Waals surface area contributed by atoms with Crippen molar-refractivity contribution >= 4 is 34.8 Å². The lowest BCUT2D eigenvalue weighted by Gasteiger charge is -2.36. The van der Waals surface area contributed by atoms with E-state index in [0.717, 1.165) is 30.8 Å². The van der Waals surface area contributed by atoms with Gasteiger partial charge in [-0.3, -0.25) is 9.69 Å². The number of rotatable bonds is 3. The smallest absolute Gasteiger partial charge is 0.234 e. The minimum absolute atomic E-state index is 0. The van der Waals surface area contributed by atoms with E-state index >= 15 is 0 Å². The lowest BCUT2D eigenvalue weighted by atomic mass is 9.92. The van der Waals surface area contributed by atoms with Crippen LogP contribution in [0.25, 0.3) is 0 Å². The van der Waals surface area contributed by atoms with Crippen molar-refractivity contribution in [3.05, 3.63) is 11.1 Å². The van der Waals surface area contributed by atoms with Gasteiger partial charge in [0.25, 0.3) is 0 Å². The van der Waals surface area contributed by atoms with E-state index in [4.69, 9.17) is 11.5 Å². The van der Waals surface area contributed by atoms with Gasteiger partial charge in [0.2, 0.25) is 5.91 Å². The molecule has 5 nitrogen and oxygen atoms in total. The zero-order valence-electron chi connectivity index (χ0n) is 10.3. The number of carbonyl (C=O) groups excluding carboxylic acids is 1. The number of hydrogen-bond acceptors (Lipinski definition) is 5. The maximum Gasteiger partial charge on any atom is 0.234 e. The second-order valence-electron chi connectivity index (χ2n) is 4.68. The Morgan fingerprint density at radius 1 is 1.67 bits per heavy atom. The van der Waals surface area contributed by atoms with Gasteiger partial charge in [-0.25, -0.2) is 4.98 Å². The number of hydrogen-bond donors (Lipinski definition) is 2. The summed E-state index contributed by atoms with van der Waals surface area (Å²) < 4.78 is 0. The number of nitrogens with zero attached hydrogens (tertiary/aromatic N) is 2. The maximum absolute atomic E-state index is 11.4. The van der Waals surface area contributed by atoms with E-state index in [9.17, 15) is 4.79 Å². The molecule has 7 heteroatoms. The molecule has 0 bridgehead atoms. The number of primary amides is 1. The van der Waals surface area contributed by atoms with Crippen LogP contribution in [0, 0.1) is 5.92 Å². The first-order chi connectivity index (χ1) is 8.06. The van der Waals surface area contributed by atoms with Crippen LogP contribution in [0.1, 0.15) is 24.6 Å². The molecular weight excluding hydrogens is 272 g/mol. The van der Waals surface area contributed by atoms with Crippen LogP contribution in [0.2, 0.25) is 0 Å². The average molecular weight is 291 g/mol. The van der Waals surface area contributed by atoms with E-state index in [2.05, 4.69) is 16.8 Å². The van der Waals surface area contributed by atoms with E-state index in [1.165, 1.54) is 11.3 Å². The Bertz CT molecular complexity index is 412. The second kappa shape index (κ2) is 6.36. The molecule has 0 saturated carbocycles. The first-order valence-electron chi connectivity index (χ1n) is 5.80. The average Bonchev–Trinajstić information content (AvgIpc) is 2.66. The van der Waals surface area contributed by atoms with Crippen LogP contribution in [0.15, 0.2) is 6.20 Å². The molecule has 0 aromatic carbocycles. The minimum atomic E-state index is -0.228. The molecule has 2 heterocycles. The molecule has 1 amide bonds. The summed E-state index contributed by atoms with van der Waals surface area (Å²) in [5.41, 5.74) is 11.1. The predicted octanol–water partition coefficient (Wildman–Crippen LogP) is 1.23. The number of nitrogens with two attached hydrogens (primary N) is 2. The third-order valence-electron chi connectivity index (χ3n) is 3.23. The summed E-state index contributed by atoms with van der Waals surface area (Å²) in [5, 5.41) is 0.570. The summed E-state index contributed by atoms with van der Waals surface area (Å²) in [7, 11) is 0. The summed E-state index contributed by atoms with van der Waals surface area (Å²) in [6, 6.07) is -0.151. The van der Waals surface area contributed by atoms with Crippen LogP contribution in [-0.2, 0) is 11.3 Å². The largest absolute Gasteiger partial charge is 0.375 e. The van der Waals surface area contributed by atoms with Crippen LogP contribution in [-0.4, -0.2) is 28.4 Å². The quantitative estimate of drug-likeness (QED) is 0.877. The Morgan fingerprint density at radius 3 is 2.94 bits per heavy atom. The van der Waals surface area contributed by atoms with Crippen molar-refractivity contribution in [1.82, 2.24) is 9.88 Å². The van der Waals surface area contributed by atoms with Gasteiger partial charge in [-0.1, -0.05) is 6.92 Å². The fourth-order valence-electron chi connectivity index (χ4n) is 2.27. The summed E-state index contributed by atoms with van der Waals surface area (Å²) in [4.78, 5) is 18.7. The number of halogens is 1. The lowest BCUT2D eigenvalue weighted by molar-refractivity contribution is -0.125. The highest BCUT2D eigenvalue weighted by atomic mass is 35.5. The molecule has 2 atom stereocenters. The number of amides is 1. The molecular formula is C11H19ClN4OS. The van der Waals surface area contributed by atoms with Gasteiger partial charge in [-0.15, -0.1) is 23.7 Å². The summed E-state index contributed by atoms with van der Waals surface area (Å²) in [6.45, 7) is 3.79. The Morgan fingerprint density at radius 2 is 2.39 bits per heavy atom. The van der Waals surface area contributed by atoms with Crippen molar-refractivity contribution in [3.8, 4) is 0 Å². The Kier molecular flexibility index (Phi) is 5.37. The van der Waals surface area contributed by atoms with E-state index in [-0.39, 0.29) is 24.4 Å². The molecule has 2 rings (SSSR count). The number of anilines is 1. The van der Waals surface area contributed by atoms with Crippen molar-refractivity contribution in [2.75, 3.05) is 12.3 Å². The molecule has 1 fully saturated rings. The molecule has 0 aliphatic carbocycles. The van der Waals surface area contributed by atoms with Crippen molar-refractivity contribution < 1.29 is 4.79 Å². The van der Waals surface area contributed by atoms with Gasteiger partial charge in [0, 0.05) is 17.6 Å². The first kappa shape index (κ1) is 15.2. The van der Waals surface area contributed by atoms with Crippen LogP contribution >= 0.6 is 23.7 Å². The molecule has 102 valence electrons. The van der Waals surface area contributed by atoms with Crippen molar-refractivity contribution in [2.24, 2.45) is 11.7 Å². The van der Waals surface area contributed by atoms with Crippen molar-refractivity contribution in [1.29, 1.82) is 0 Å². The molecule has 4 N–H and O–H groups in total. The Hall–Kier alpha value is -0.850. The van der Waals surface area contributed by atoms with Gasteiger partial charge >= 0.3 is 0 Å². The standard InChI is InChI=1S/C11H18N4OS.ClH/c1-7-2-3-15(9(4-7)10(12)16)6-8-5-14-11(13)17-8;/h5,7,9H,2-4,6H2,1H3,(H2,12,16)(H2,13,14);1H. The van der Waals surface area contributed by atoms with E-state index in [0.29, 0.717) is 11.0 Å². The van der Waals surface area contributed by atoms with Gasteiger partial charge in [0.05, 0.1) is 6.04 Å². The predicted molar refractivity (Wildman–Crippen MR) is 75.6 cm³/mol. The van der Waals surface area contributed by atoms with Crippen molar-refractivity contribution in [2.45, 2.75) is 32.4 Å². The fourth-order valence-corrected chi connectivity index (χ4v) is 2.98. The van der Waals surface area contributed by atoms with E-state index < -0.39 is 0 Å². The minimum Gasteiger partial charge on any atom is -0.375 e. The number of aromatic nitrogens is 1. The van der Waals surface area contributed by atoms with Crippen molar-refractivity contribution in [3.63, 3.8) is 0 Å². The van der Waals surface area contributed by atoms with Crippen LogP contribution < -0.4 is 11.5 Å². The normalized spacial score (nSPS) is 24.5. The maximum atomic E-state index is 11.4. The lowest BCUT2D eigenvalue weighted by Crippen LogP contribution is -2.48. The van der Waals surface area contributed by atoms with Crippen LogP contribution in [0.5, 0.6) is 0 Å². The third kappa shape index (κ3) is 3.57. The number of piperidine rings is 1. The fraction of sp³-hybridized carbons (Fsp3) is 0.636. The zero-order valence-corrected chi connectivity index (χ0v) is 12.0. The van der Waals surface area contributed by atoms with Crippen LogP contribution in [0.3, 0.4) is 0 Å². The molecule has 18 heavy (non-hydrogen) atoms. The molecule has 2 unspecified atom stereocenters. The van der Waals surface area contributed by atoms with Gasteiger partial charge < -0.3 is 11.5 Å². The molecule has 1 aromatic heterocycles. The van der Waals surface area contributed by atoms with Crippen LogP contribution in [0.4, 0.5) is 5.13 Å². The topological polar surface area (TPSA) is 85.2 Å². The van der Waals surface area contributed by atoms with Gasteiger partial charge in [0.15, 0.2) is 5.13 Å². The molecule has 1 saturated heterocycles. The van der Waals surface area contributed by atoms with Gasteiger partial charge in [-0.05, 0) is 25.3 Å². The Labute approximate surface area is 117 Å². The second-order valence-corrected chi connectivity index (χ2v) is 5.83. The monoisotopic (exact) mass is 290 g/mol. The summed E-state index contributed by atoms with van der Waals surface area (Å²) in [6.07, 6.45) is 3.73. The first-order valence-corrected chi connectivity index (χ1v) is 6.61. The zero-order chi connectivity index (χ0) is 12.4. The highest BCUT2D eigenvalue weighted by Crippen LogP contribution is 2.25. The molecule has 1 aromatic rings. The molecule has 0 radical (unpaired) electrons. The Balaban J connectivity index is 0.00000162.